The lowest BCUT2D eigenvalue weighted by atomic mass is 10.0. The molecule has 4 rings (SSSR count). The Morgan fingerprint density at radius 2 is 1.85 bits per heavy atom. The van der Waals surface area contributed by atoms with Gasteiger partial charge >= 0.3 is 0 Å². The minimum atomic E-state index is 0.168. The molecule has 5 nitrogen and oxygen atoms in total. The Morgan fingerprint density at radius 3 is 2.56 bits per heavy atom. The van der Waals surface area contributed by atoms with Crippen LogP contribution in [0.2, 0.25) is 0 Å². The second-order valence-corrected chi connectivity index (χ2v) is 6.74. The Morgan fingerprint density at radius 1 is 1.07 bits per heavy atom. The van der Waals surface area contributed by atoms with Crippen LogP contribution in [-0.4, -0.2) is 42.6 Å². The summed E-state index contributed by atoms with van der Waals surface area (Å²) in [5.41, 5.74) is 3.02. The Balaban J connectivity index is 1.49. The summed E-state index contributed by atoms with van der Waals surface area (Å²) < 4.78 is 11.4. The van der Waals surface area contributed by atoms with Crippen LogP contribution in [0.1, 0.15) is 12.8 Å². The first-order valence-corrected chi connectivity index (χ1v) is 9.16. The molecule has 27 heavy (non-hydrogen) atoms. The highest BCUT2D eigenvalue weighted by Gasteiger charge is 2.19. The van der Waals surface area contributed by atoms with E-state index in [0.29, 0.717) is 0 Å². The monoisotopic (exact) mass is 362 g/mol. The van der Waals surface area contributed by atoms with Crippen molar-refractivity contribution in [1.29, 1.82) is 0 Å². The van der Waals surface area contributed by atoms with Crippen molar-refractivity contribution >= 4 is 17.3 Å². The van der Waals surface area contributed by atoms with E-state index in [1.165, 1.54) is 0 Å². The van der Waals surface area contributed by atoms with Gasteiger partial charge in [-0.3, -0.25) is 9.78 Å². The second kappa shape index (κ2) is 7.66. The first-order chi connectivity index (χ1) is 13.3. The normalized spacial score (nSPS) is 14.9. The molecular weight excluding hydrogens is 340 g/mol. The zero-order valence-electron chi connectivity index (χ0n) is 15.3. The summed E-state index contributed by atoms with van der Waals surface area (Å²) >= 11 is 0. The highest BCUT2D eigenvalue weighted by atomic mass is 16.5. The van der Waals surface area contributed by atoms with Gasteiger partial charge in [-0.15, -0.1) is 0 Å². The fourth-order valence-electron chi connectivity index (χ4n) is 3.47. The van der Waals surface area contributed by atoms with Crippen molar-refractivity contribution < 1.29 is 14.3 Å². The first kappa shape index (κ1) is 17.3. The summed E-state index contributed by atoms with van der Waals surface area (Å²) in [6, 6.07) is 16.2. The van der Waals surface area contributed by atoms with Crippen molar-refractivity contribution in [3.63, 3.8) is 0 Å². The highest BCUT2D eigenvalue weighted by molar-refractivity contribution is 5.88. The number of para-hydroxylation sites is 1. The molecular formula is C22H22N2O3. The Kier molecular flexibility index (Phi) is 4.92. The van der Waals surface area contributed by atoms with Crippen LogP contribution in [0, 0.1) is 0 Å². The second-order valence-electron chi connectivity index (χ2n) is 6.74. The van der Waals surface area contributed by atoms with Gasteiger partial charge in [0, 0.05) is 43.1 Å². The molecule has 0 spiro atoms. The molecule has 5 heteroatoms. The van der Waals surface area contributed by atoms with Crippen LogP contribution < -0.4 is 9.47 Å². The van der Waals surface area contributed by atoms with Crippen LogP contribution in [-0.2, 0) is 4.79 Å². The molecule has 0 atom stereocenters. The molecule has 0 unspecified atom stereocenters. The summed E-state index contributed by atoms with van der Waals surface area (Å²) in [5, 5.41) is 1.05. The average Bonchev–Trinajstić information content (AvgIpc) is 2.74. The molecule has 138 valence electrons. The van der Waals surface area contributed by atoms with Crippen molar-refractivity contribution in [3.05, 3.63) is 54.7 Å². The zero-order valence-corrected chi connectivity index (χ0v) is 15.3. The van der Waals surface area contributed by atoms with Crippen molar-refractivity contribution in [3.8, 4) is 22.6 Å². The molecule has 1 aromatic heterocycles. The summed E-state index contributed by atoms with van der Waals surface area (Å²) in [4.78, 5) is 17.2. The molecule has 0 saturated carbocycles. The molecule has 0 N–H and O–H groups in total. The summed E-state index contributed by atoms with van der Waals surface area (Å²) in [5.74, 6) is 1.64. The lowest BCUT2D eigenvalue weighted by molar-refractivity contribution is -0.119. The standard InChI is InChI=1S/C22H22N2O3/c1-26-21-4-2-3-17-13-18(14-23-22(17)21)16-5-7-19(8-6-16)27-20-9-11-24(15-25)12-10-20/h2-8,13-15,20H,9-12H2,1H3. The number of pyridine rings is 1. The van der Waals surface area contributed by atoms with E-state index >= 15 is 0 Å². The third-order valence-electron chi connectivity index (χ3n) is 5.01. The van der Waals surface area contributed by atoms with Crippen molar-refractivity contribution in [1.82, 2.24) is 9.88 Å². The van der Waals surface area contributed by atoms with Gasteiger partial charge in [-0.25, -0.2) is 0 Å². The van der Waals surface area contributed by atoms with Crippen molar-refractivity contribution in [2.45, 2.75) is 18.9 Å². The quantitative estimate of drug-likeness (QED) is 0.646. The number of ether oxygens (including phenoxy) is 2. The Labute approximate surface area is 158 Å². The summed E-state index contributed by atoms with van der Waals surface area (Å²) in [7, 11) is 1.66. The maximum Gasteiger partial charge on any atom is 0.209 e. The SMILES string of the molecule is COc1cccc2cc(-c3ccc(OC4CCN(C=O)CC4)cc3)cnc12. The topological polar surface area (TPSA) is 51.7 Å². The van der Waals surface area contributed by atoms with E-state index in [0.717, 1.165) is 65.9 Å². The van der Waals surface area contributed by atoms with Gasteiger partial charge in [-0.2, -0.15) is 0 Å². The molecule has 3 aromatic rings. The number of carbonyl (C=O) groups is 1. The molecule has 1 saturated heterocycles. The lowest BCUT2D eigenvalue weighted by Crippen LogP contribution is -2.37. The average molecular weight is 362 g/mol. The van der Waals surface area contributed by atoms with E-state index in [2.05, 4.69) is 23.2 Å². The predicted octanol–water partition coefficient (Wildman–Crippen LogP) is 3.91. The number of carbonyl (C=O) groups excluding carboxylic acids is 1. The smallest absolute Gasteiger partial charge is 0.209 e. The van der Waals surface area contributed by atoms with Gasteiger partial charge in [-0.05, 0) is 29.8 Å². The number of hydrogen-bond acceptors (Lipinski definition) is 4. The number of hydrogen-bond donors (Lipinski definition) is 0. The molecule has 1 aliphatic heterocycles. The summed E-state index contributed by atoms with van der Waals surface area (Å²) in [6.45, 7) is 1.52. The largest absolute Gasteiger partial charge is 0.494 e. The molecule has 0 aliphatic carbocycles. The van der Waals surface area contributed by atoms with E-state index in [4.69, 9.17) is 9.47 Å². The number of methoxy groups -OCH3 is 1. The fraction of sp³-hybridized carbons (Fsp3) is 0.273. The Bertz CT molecular complexity index is 932. The third-order valence-corrected chi connectivity index (χ3v) is 5.01. The minimum Gasteiger partial charge on any atom is -0.494 e. The van der Waals surface area contributed by atoms with Gasteiger partial charge in [0.2, 0.25) is 6.41 Å². The predicted molar refractivity (Wildman–Crippen MR) is 105 cm³/mol. The van der Waals surface area contributed by atoms with Crippen LogP contribution in [0.15, 0.2) is 54.7 Å². The number of aromatic nitrogens is 1. The number of piperidine rings is 1. The number of benzene rings is 2. The first-order valence-electron chi connectivity index (χ1n) is 9.16. The van der Waals surface area contributed by atoms with Crippen molar-refractivity contribution in [2.75, 3.05) is 20.2 Å². The van der Waals surface area contributed by atoms with Crippen LogP contribution in [0.3, 0.4) is 0 Å². The van der Waals surface area contributed by atoms with Gasteiger partial charge in [0.1, 0.15) is 23.1 Å². The van der Waals surface area contributed by atoms with E-state index in [9.17, 15) is 4.79 Å². The Hall–Kier alpha value is -3.08. The van der Waals surface area contributed by atoms with Crippen molar-refractivity contribution in [2.24, 2.45) is 0 Å². The van der Waals surface area contributed by atoms with Gasteiger partial charge in [0.05, 0.1) is 7.11 Å². The lowest BCUT2D eigenvalue weighted by Gasteiger charge is -2.29. The van der Waals surface area contributed by atoms with E-state index < -0.39 is 0 Å². The van der Waals surface area contributed by atoms with Crippen LogP contribution in [0.5, 0.6) is 11.5 Å². The van der Waals surface area contributed by atoms with Gasteiger partial charge in [-0.1, -0.05) is 24.3 Å². The molecule has 2 aromatic carbocycles. The zero-order chi connectivity index (χ0) is 18.6. The number of amides is 1. The van der Waals surface area contributed by atoms with Crippen LogP contribution >= 0.6 is 0 Å². The molecule has 1 aliphatic rings. The summed E-state index contributed by atoms with van der Waals surface area (Å²) in [6.07, 6.45) is 4.70. The maximum absolute atomic E-state index is 10.8. The highest BCUT2D eigenvalue weighted by Crippen LogP contribution is 2.29. The molecule has 0 radical (unpaired) electrons. The molecule has 0 bridgehead atoms. The molecule has 1 fully saturated rings. The van der Waals surface area contributed by atoms with E-state index in [1.54, 1.807) is 12.0 Å². The molecule has 1 amide bonds. The van der Waals surface area contributed by atoms with Gasteiger partial charge in [0.25, 0.3) is 0 Å². The van der Waals surface area contributed by atoms with Crippen LogP contribution in [0.25, 0.3) is 22.0 Å². The number of nitrogens with zero attached hydrogens (tertiary/aromatic N) is 2. The van der Waals surface area contributed by atoms with E-state index in [-0.39, 0.29) is 6.10 Å². The maximum atomic E-state index is 10.8. The number of likely N-dealkylation sites (tertiary alicyclic amines) is 1. The number of rotatable bonds is 5. The van der Waals surface area contributed by atoms with Gasteiger partial charge in [0.15, 0.2) is 0 Å². The third kappa shape index (κ3) is 3.72. The molecule has 2 heterocycles. The van der Waals surface area contributed by atoms with Crippen LogP contribution in [0.4, 0.5) is 0 Å². The fourth-order valence-corrected chi connectivity index (χ4v) is 3.47. The minimum absolute atomic E-state index is 0.168. The van der Waals surface area contributed by atoms with E-state index in [1.807, 2.05) is 36.5 Å². The van der Waals surface area contributed by atoms with Gasteiger partial charge < -0.3 is 14.4 Å². The number of fused-ring (bicyclic) bond motifs is 1.